The van der Waals surface area contributed by atoms with Crippen molar-refractivity contribution >= 4 is 6.21 Å². The van der Waals surface area contributed by atoms with Gasteiger partial charge in [0.2, 0.25) is 0 Å². The van der Waals surface area contributed by atoms with Crippen molar-refractivity contribution in [2.24, 2.45) is 5.92 Å². The van der Waals surface area contributed by atoms with E-state index in [1.54, 1.807) is 0 Å². The molecular formula is C13H20N2. The Hall–Kier alpha value is -1.31. The fraction of sp³-hybridized carbons (Fsp3) is 0.462. The third-order valence-electron chi connectivity index (χ3n) is 2.67. The fourth-order valence-electron chi connectivity index (χ4n) is 1.72. The second-order valence-corrected chi connectivity index (χ2v) is 4.10. The van der Waals surface area contributed by atoms with E-state index in [1.165, 1.54) is 17.4 Å². The minimum absolute atomic E-state index is 0.602. The zero-order valence-electron chi connectivity index (χ0n) is 9.64. The summed E-state index contributed by atoms with van der Waals surface area (Å²) in [5.41, 5.74) is 3.65. The van der Waals surface area contributed by atoms with Gasteiger partial charge in [0.15, 0.2) is 0 Å². The highest BCUT2D eigenvalue weighted by molar-refractivity contribution is 5.53. The predicted octanol–water partition coefficient (Wildman–Crippen LogP) is 3.04. The standard InChI is InChI=1S/C13H20N2/c1-10-5-6-11(2)13(9-10)12(3)15-8-4-7-14/h5-7,10,14-15H,3-4,8-9H2,1-2H3. The molecule has 1 unspecified atom stereocenters. The first-order valence-electron chi connectivity index (χ1n) is 5.45. The van der Waals surface area contributed by atoms with Crippen LogP contribution in [0.3, 0.4) is 0 Å². The van der Waals surface area contributed by atoms with Crippen molar-refractivity contribution in [3.8, 4) is 0 Å². The summed E-state index contributed by atoms with van der Waals surface area (Å²) in [6, 6.07) is 0. The van der Waals surface area contributed by atoms with Gasteiger partial charge in [0, 0.05) is 12.2 Å². The van der Waals surface area contributed by atoms with Crippen molar-refractivity contribution < 1.29 is 0 Å². The molecule has 0 aromatic carbocycles. The Morgan fingerprint density at radius 1 is 1.73 bits per heavy atom. The van der Waals surface area contributed by atoms with E-state index in [1.807, 2.05) is 0 Å². The zero-order valence-corrected chi connectivity index (χ0v) is 9.64. The molecule has 1 aliphatic rings. The number of allylic oxidation sites excluding steroid dienone is 4. The average Bonchev–Trinajstić information content (AvgIpc) is 2.22. The van der Waals surface area contributed by atoms with Crippen molar-refractivity contribution in [2.45, 2.75) is 26.7 Å². The Labute approximate surface area is 92.3 Å². The van der Waals surface area contributed by atoms with Gasteiger partial charge in [-0.25, -0.2) is 0 Å². The van der Waals surface area contributed by atoms with E-state index < -0.39 is 0 Å². The van der Waals surface area contributed by atoms with Crippen LogP contribution in [-0.2, 0) is 0 Å². The Bertz CT molecular complexity index is 310. The molecule has 15 heavy (non-hydrogen) atoms. The molecule has 0 aliphatic heterocycles. The minimum Gasteiger partial charge on any atom is -0.385 e. The molecule has 0 fully saturated rings. The maximum atomic E-state index is 6.95. The molecule has 2 heteroatoms. The summed E-state index contributed by atoms with van der Waals surface area (Å²) in [5.74, 6) is 0.602. The maximum Gasteiger partial charge on any atom is 0.0302 e. The molecule has 2 N–H and O–H groups in total. The first-order valence-corrected chi connectivity index (χ1v) is 5.45. The van der Waals surface area contributed by atoms with Crippen LogP contribution in [0.1, 0.15) is 26.7 Å². The van der Waals surface area contributed by atoms with E-state index in [0.717, 1.165) is 25.1 Å². The molecule has 0 saturated carbocycles. The summed E-state index contributed by atoms with van der Waals surface area (Å²) in [5, 5.41) is 10.2. The van der Waals surface area contributed by atoms with Crippen LogP contribution in [0, 0.1) is 11.3 Å². The molecular weight excluding hydrogens is 184 g/mol. The third-order valence-corrected chi connectivity index (χ3v) is 2.67. The molecule has 0 saturated heterocycles. The number of rotatable bonds is 5. The second-order valence-electron chi connectivity index (χ2n) is 4.10. The molecule has 0 radical (unpaired) electrons. The van der Waals surface area contributed by atoms with Gasteiger partial charge in [0.1, 0.15) is 0 Å². The molecule has 1 aliphatic carbocycles. The number of nitrogens with one attached hydrogen (secondary N) is 2. The molecule has 0 heterocycles. The van der Waals surface area contributed by atoms with E-state index in [0.29, 0.717) is 5.92 Å². The lowest BCUT2D eigenvalue weighted by molar-refractivity contribution is 0.686. The van der Waals surface area contributed by atoms with E-state index in [-0.39, 0.29) is 0 Å². The lowest BCUT2D eigenvalue weighted by Gasteiger charge is -2.20. The van der Waals surface area contributed by atoms with Crippen molar-refractivity contribution in [1.29, 1.82) is 5.41 Å². The smallest absolute Gasteiger partial charge is 0.0302 e. The lowest BCUT2D eigenvalue weighted by Crippen LogP contribution is -2.18. The van der Waals surface area contributed by atoms with Crippen LogP contribution in [0.4, 0.5) is 0 Å². The van der Waals surface area contributed by atoms with Gasteiger partial charge in [0.05, 0.1) is 0 Å². The summed E-state index contributed by atoms with van der Waals surface area (Å²) in [6.45, 7) is 9.20. The number of hydrogen-bond donors (Lipinski definition) is 2. The summed E-state index contributed by atoms with van der Waals surface area (Å²) in [6.07, 6.45) is 7.66. The molecule has 0 spiro atoms. The van der Waals surface area contributed by atoms with E-state index in [2.05, 4.69) is 37.9 Å². The predicted molar refractivity (Wildman–Crippen MR) is 66.2 cm³/mol. The van der Waals surface area contributed by atoms with Gasteiger partial charge in [-0.05, 0) is 43.0 Å². The minimum atomic E-state index is 0.602. The Morgan fingerprint density at radius 3 is 3.13 bits per heavy atom. The molecule has 0 aromatic rings. The van der Waals surface area contributed by atoms with Crippen molar-refractivity contribution in [2.75, 3.05) is 6.54 Å². The van der Waals surface area contributed by atoms with Crippen LogP contribution in [-0.4, -0.2) is 12.8 Å². The third kappa shape index (κ3) is 3.39. The van der Waals surface area contributed by atoms with Gasteiger partial charge >= 0.3 is 0 Å². The first-order chi connectivity index (χ1) is 7.15. The van der Waals surface area contributed by atoms with Gasteiger partial charge in [-0.1, -0.05) is 25.7 Å². The van der Waals surface area contributed by atoms with Gasteiger partial charge < -0.3 is 10.7 Å². The molecule has 0 amide bonds. The monoisotopic (exact) mass is 204 g/mol. The number of hydrogen-bond acceptors (Lipinski definition) is 2. The highest BCUT2D eigenvalue weighted by Gasteiger charge is 2.12. The molecule has 82 valence electrons. The fourth-order valence-corrected chi connectivity index (χ4v) is 1.72. The van der Waals surface area contributed by atoms with E-state index in [4.69, 9.17) is 5.41 Å². The highest BCUT2D eigenvalue weighted by atomic mass is 14.9. The summed E-state index contributed by atoms with van der Waals surface area (Å²) < 4.78 is 0. The van der Waals surface area contributed by atoms with Crippen molar-refractivity contribution in [3.63, 3.8) is 0 Å². The quantitative estimate of drug-likeness (QED) is 0.524. The van der Waals surface area contributed by atoms with E-state index >= 15 is 0 Å². The lowest BCUT2D eigenvalue weighted by atomic mass is 9.90. The van der Waals surface area contributed by atoms with Gasteiger partial charge in [0.25, 0.3) is 0 Å². The normalized spacial score (nSPS) is 20.3. The molecule has 1 atom stereocenters. The SMILES string of the molecule is C=C(NCCC=N)C1=C(C)C=CC(C)C1. The van der Waals surface area contributed by atoms with Crippen molar-refractivity contribution in [1.82, 2.24) is 5.32 Å². The zero-order chi connectivity index (χ0) is 11.3. The summed E-state index contributed by atoms with van der Waals surface area (Å²) >= 11 is 0. The van der Waals surface area contributed by atoms with Crippen molar-refractivity contribution in [3.05, 3.63) is 35.6 Å². The Morgan fingerprint density at radius 2 is 2.47 bits per heavy atom. The maximum absolute atomic E-state index is 6.95. The Balaban J connectivity index is 2.58. The van der Waals surface area contributed by atoms with Crippen LogP contribution in [0.2, 0.25) is 0 Å². The largest absolute Gasteiger partial charge is 0.385 e. The van der Waals surface area contributed by atoms with Crippen LogP contribution < -0.4 is 5.32 Å². The van der Waals surface area contributed by atoms with Gasteiger partial charge in [-0.3, -0.25) is 0 Å². The molecule has 1 rings (SSSR count). The molecule has 0 bridgehead atoms. The summed E-state index contributed by atoms with van der Waals surface area (Å²) in [7, 11) is 0. The highest BCUT2D eigenvalue weighted by Crippen LogP contribution is 2.26. The van der Waals surface area contributed by atoms with Crippen LogP contribution in [0.15, 0.2) is 35.6 Å². The second kappa shape index (κ2) is 5.54. The Kier molecular flexibility index (Phi) is 4.35. The van der Waals surface area contributed by atoms with Gasteiger partial charge in [-0.2, -0.15) is 0 Å². The van der Waals surface area contributed by atoms with E-state index in [9.17, 15) is 0 Å². The topological polar surface area (TPSA) is 35.9 Å². The summed E-state index contributed by atoms with van der Waals surface area (Å²) in [4.78, 5) is 0. The molecule has 0 aromatic heterocycles. The van der Waals surface area contributed by atoms with Crippen LogP contribution in [0.5, 0.6) is 0 Å². The first kappa shape index (κ1) is 11.8. The van der Waals surface area contributed by atoms with Crippen LogP contribution >= 0.6 is 0 Å². The van der Waals surface area contributed by atoms with Gasteiger partial charge in [-0.15, -0.1) is 0 Å². The van der Waals surface area contributed by atoms with Crippen LogP contribution in [0.25, 0.3) is 0 Å². The molecule has 2 nitrogen and oxygen atoms in total. The average molecular weight is 204 g/mol.